The van der Waals surface area contributed by atoms with Crippen LogP contribution < -0.4 is 14.4 Å². The minimum Gasteiger partial charge on any atom is -0.494 e. The van der Waals surface area contributed by atoms with E-state index in [2.05, 4.69) is 5.32 Å². The van der Waals surface area contributed by atoms with Gasteiger partial charge in [0, 0.05) is 29.6 Å². The summed E-state index contributed by atoms with van der Waals surface area (Å²) in [6.07, 6.45) is 4.89. The van der Waals surface area contributed by atoms with Crippen LogP contribution in [0.4, 0.5) is 10.1 Å². The molecule has 1 unspecified atom stereocenters. The van der Waals surface area contributed by atoms with Crippen molar-refractivity contribution in [2.24, 2.45) is 0 Å². The summed E-state index contributed by atoms with van der Waals surface area (Å²) in [4.78, 5) is 30.1. The van der Waals surface area contributed by atoms with E-state index in [1.807, 2.05) is 37.3 Å². The lowest BCUT2D eigenvalue weighted by molar-refractivity contribution is -0.140. The van der Waals surface area contributed by atoms with Gasteiger partial charge in [0.1, 0.15) is 24.2 Å². The smallest absolute Gasteiger partial charge is 0.264 e. The summed E-state index contributed by atoms with van der Waals surface area (Å²) in [5, 5.41) is 3.51. The maximum Gasteiger partial charge on any atom is 0.264 e. The summed E-state index contributed by atoms with van der Waals surface area (Å²) < 4.78 is 50.2. The van der Waals surface area contributed by atoms with Gasteiger partial charge >= 0.3 is 0 Å². The van der Waals surface area contributed by atoms with Crippen LogP contribution in [0.25, 0.3) is 0 Å². The van der Waals surface area contributed by atoms with Crippen molar-refractivity contribution in [1.29, 1.82) is 0 Å². The predicted molar refractivity (Wildman–Crippen MR) is 189 cm³/mol. The van der Waals surface area contributed by atoms with Crippen LogP contribution in [-0.4, -0.2) is 50.4 Å². The van der Waals surface area contributed by atoms with E-state index in [0.29, 0.717) is 17.4 Å². The van der Waals surface area contributed by atoms with Crippen molar-refractivity contribution in [2.45, 2.75) is 69.0 Å². The molecule has 5 rings (SSSR count). The number of nitrogens with zero attached hydrogens (tertiary/aromatic N) is 2. The fraction of sp³-hybridized carbons (Fsp3) is 0.316. The Morgan fingerprint density at radius 1 is 0.898 bits per heavy atom. The molecular formula is C38H41ClFN3O5S. The number of hydrogen-bond acceptors (Lipinski definition) is 5. The van der Waals surface area contributed by atoms with E-state index < -0.39 is 34.3 Å². The first-order valence-electron chi connectivity index (χ1n) is 16.5. The molecule has 8 nitrogen and oxygen atoms in total. The van der Waals surface area contributed by atoms with Gasteiger partial charge in [-0.05, 0) is 79.9 Å². The number of anilines is 1. The molecule has 0 aliphatic heterocycles. The molecule has 258 valence electrons. The Morgan fingerprint density at radius 2 is 1.55 bits per heavy atom. The third-order valence-electron chi connectivity index (χ3n) is 8.64. The van der Waals surface area contributed by atoms with Crippen molar-refractivity contribution in [1.82, 2.24) is 10.2 Å². The molecule has 1 fully saturated rings. The Labute approximate surface area is 292 Å². The van der Waals surface area contributed by atoms with Gasteiger partial charge in [-0.15, -0.1) is 0 Å². The molecule has 0 spiro atoms. The van der Waals surface area contributed by atoms with Gasteiger partial charge < -0.3 is 15.0 Å². The number of rotatable bonds is 14. The molecule has 1 saturated carbocycles. The monoisotopic (exact) mass is 705 g/mol. The predicted octanol–water partition coefficient (Wildman–Crippen LogP) is 7.16. The third kappa shape index (κ3) is 9.39. The number of benzene rings is 4. The second-order valence-electron chi connectivity index (χ2n) is 12.1. The van der Waals surface area contributed by atoms with E-state index in [0.717, 1.165) is 42.0 Å². The Hall–Kier alpha value is -4.41. The van der Waals surface area contributed by atoms with E-state index in [1.54, 1.807) is 42.5 Å². The lowest BCUT2D eigenvalue weighted by Gasteiger charge is -2.35. The normalized spacial score (nSPS) is 14.1. The summed E-state index contributed by atoms with van der Waals surface area (Å²) in [6, 6.07) is 26.3. The van der Waals surface area contributed by atoms with Crippen molar-refractivity contribution in [3.63, 3.8) is 0 Å². The summed E-state index contributed by atoms with van der Waals surface area (Å²) in [7, 11) is -4.32. The third-order valence-corrected chi connectivity index (χ3v) is 10.7. The highest BCUT2D eigenvalue weighted by atomic mass is 35.5. The highest BCUT2D eigenvalue weighted by Gasteiger charge is 2.36. The molecule has 0 aromatic heterocycles. The van der Waals surface area contributed by atoms with Crippen LogP contribution in [0, 0.1) is 5.82 Å². The van der Waals surface area contributed by atoms with E-state index in [9.17, 15) is 18.0 Å². The summed E-state index contributed by atoms with van der Waals surface area (Å²) in [6.45, 7) is 1.35. The van der Waals surface area contributed by atoms with Gasteiger partial charge in [0.25, 0.3) is 10.0 Å². The summed E-state index contributed by atoms with van der Waals surface area (Å²) >= 11 is 6.07. The van der Waals surface area contributed by atoms with Crippen molar-refractivity contribution in [3.8, 4) is 5.75 Å². The highest BCUT2D eigenvalue weighted by molar-refractivity contribution is 7.92. The average molecular weight is 706 g/mol. The first-order valence-corrected chi connectivity index (χ1v) is 18.4. The first-order chi connectivity index (χ1) is 23.7. The van der Waals surface area contributed by atoms with Gasteiger partial charge in [0.15, 0.2) is 0 Å². The number of ether oxygens (including phenoxy) is 1. The number of carbonyl (C=O) groups excluding carboxylic acids is 2. The maximum atomic E-state index is 15.2. The fourth-order valence-corrected chi connectivity index (χ4v) is 7.59. The molecule has 0 saturated heterocycles. The maximum absolute atomic E-state index is 15.2. The summed E-state index contributed by atoms with van der Waals surface area (Å²) in [5.74, 6) is -1.04. The van der Waals surface area contributed by atoms with Gasteiger partial charge in [0.05, 0.1) is 17.2 Å². The van der Waals surface area contributed by atoms with Crippen LogP contribution in [0.3, 0.4) is 0 Å². The Kier molecular flexibility index (Phi) is 12.3. The minimum absolute atomic E-state index is 0.0458. The Morgan fingerprint density at radius 3 is 2.20 bits per heavy atom. The van der Waals surface area contributed by atoms with Crippen molar-refractivity contribution in [3.05, 3.63) is 125 Å². The molecule has 0 radical (unpaired) electrons. The molecule has 1 atom stereocenters. The number of halogens is 2. The van der Waals surface area contributed by atoms with Crippen molar-refractivity contribution in [2.75, 3.05) is 17.5 Å². The molecule has 4 aromatic carbocycles. The fourth-order valence-electron chi connectivity index (χ4n) is 6.05. The zero-order chi connectivity index (χ0) is 34.8. The van der Waals surface area contributed by atoms with E-state index in [1.165, 1.54) is 35.2 Å². The molecule has 1 aliphatic carbocycles. The van der Waals surface area contributed by atoms with Gasteiger partial charge in [-0.25, -0.2) is 12.8 Å². The minimum atomic E-state index is -4.32. The Balaban J connectivity index is 1.57. The van der Waals surface area contributed by atoms with Crippen LogP contribution in [0.5, 0.6) is 5.75 Å². The molecule has 1 N–H and O–H groups in total. The summed E-state index contributed by atoms with van der Waals surface area (Å²) in [5.41, 5.74) is 1.21. The Bertz CT molecular complexity index is 1800. The van der Waals surface area contributed by atoms with Crippen LogP contribution in [0.15, 0.2) is 108 Å². The van der Waals surface area contributed by atoms with Crippen molar-refractivity contribution < 1.29 is 27.1 Å². The average Bonchev–Trinajstić information content (AvgIpc) is 3.11. The first kappa shape index (κ1) is 35.9. The van der Waals surface area contributed by atoms with E-state index in [4.69, 9.17) is 16.3 Å². The molecule has 11 heteroatoms. The second kappa shape index (κ2) is 16.8. The number of nitrogens with one attached hydrogen (secondary N) is 1. The molecule has 49 heavy (non-hydrogen) atoms. The molecular weight excluding hydrogens is 665 g/mol. The molecule has 1 aliphatic rings. The largest absolute Gasteiger partial charge is 0.494 e. The van der Waals surface area contributed by atoms with Gasteiger partial charge in [-0.3, -0.25) is 13.9 Å². The molecule has 2 amide bonds. The van der Waals surface area contributed by atoms with Crippen LogP contribution in [0.1, 0.15) is 50.2 Å². The van der Waals surface area contributed by atoms with E-state index >= 15 is 4.39 Å². The molecule has 0 heterocycles. The zero-order valence-electron chi connectivity index (χ0n) is 27.4. The highest BCUT2D eigenvalue weighted by Crippen LogP contribution is 2.28. The van der Waals surface area contributed by atoms with Gasteiger partial charge in [-0.2, -0.15) is 0 Å². The number of amides is 2. The second-order valence-corrected chi connectivity index (χ2v) is 14.4. The van der Waals surface area contributed by atoms with Gasteiger partial charge in [-0.1, -0.05) is 79.4 Å². The lowest BCUT2D eigenvalue weighted by atomic mass is 9.94. The molecule has 4 aromatic rings. The number of carbonyl (C=O) groups is 2. The van der Waals surface area contributed by atoms with Crippen molar-refractivity contribution >= 4 is 39.1 Å². The molecule has 0 bridgehead atoms. The SMILES string of the molecule is CCOc1ccc(N(CC(=O)N(Cc2ccccc2F)C(Cc2ccccc2)C(=O)NC2CCCCC2)S(=O)(=O)c2ccc(Cl)cc2)cc1. The lowest BCUT2D eigenvalue weighted by Crippen LogP contribution is -2.55. The number of sulfonamides is 1. The zero-order valence-corrected chi connectivity index (χ0v) is 29.0. The van der Waals surface area contributed by atoms with E-state index in [-0.39, 0.29) is 41.1 Å². The van der Waals surface area contributed by atoms with Crippen LogP contribution in [-0.2, 0) is 32.6 Å². The standard InChI is InChI=1S/C38H41ClFN3O5S/c1-2-48-33-21-19-32(20-22-33)43(49(46,47)34-23-17-30(39)18-24-34)27-37(44)42(26-29-13-9-10-16-35(29)40)36(25-28-11-5-3-6-12-28)38(45)41-31-14-7-4-8-15-31/h3,5-6,9-13,16-24,31,36H,2,4,7-8,14-15,25-27H2,1H3,(H,41,45). The quantitative estimate of drug-likeness (QED) is 0.150. The van der Waals surface area contributed by atoms with Crippen LogP contribution in [0.2, 0.25) is 5.02 Å². The topological polar surface area (TPSA) is 96.0 Å². The van der Waals surface area contributed by atoms with Gasteiger partial charge in [0.2, 0.25) is 11.8 Å². The number of hydrogen-bond donors (Lipinski definition) is 1. The van der Waals surface area contributed by atoms with Crippen LogP contribution >= 0.6 is 11.6 Å².